The topological polar surface area (TPSA) is 87.7 Å². The molecule has 2 N–H and O–H groups in total. The van der Waals surface area contributed by atoms with Crippen molar-refractivity contribution < 1.29 is 19.1 Å². The Labute approximate surface area is 212 Å². The van der Waals surface area contributed by atoms with Crippen LogP contribution in [-0.2, 0) is 14.3 Å². The van der Waals surface area contributed by atoms with Crippen LogP contribution >= 0.6 is 0 Å². The first kappa shape index (κ1) is 30.5. The van der Waals surface area contributed by atoms with Crippen molar-refractivity contribution in [2.24, 2.45) is 5.92 Å². The summed E-state index contributed by atoms with van der Waals surface area (Å²) in [5.41, 5.74) is 1.02. The lowest BCUT2D eigenvalue weighted by Crippen LogP contribution is -2.57. The molecule has 0 heterocycles. The molecule has 35 heavy (non-hydrogen) atoms. The second kappa shape index (κ2) is 13.5. The molecule has 0 radical (unpaired) electrons. The molecule has 0 aliphatic heterocycles. The highest BCUT2D eigenvalue weighted by Crippen LogP contribution is 2.29. The van der Waals surface area contributed by atoms with E-state index in [1.165, 1.54) is 0 Å². The molecule has 1 aromatic rings. The lowest BCUT2D eigenvalue weighted by atomic mass is 9.94. The number of rotatable bonds is 11. The van der Waals surface area contributed by atoms with Gasteiger partial charge in [0.15, 0.2) is 0 Å². The van der Waals surface area contributed by atoms with Gasteiger partial charge in [-0.1, -0.05) is 58.4 Å². The molecule has 1 aromatic carbocycles. The van der Waals surface area contributed by atoms with Gasteiger partial charge >= 0.3 is 6.09 Å². The van der Waals surface area contributed by atoms with Crippen molar-refractivity contribution in [2.75, 3.05) is 0 Å². The fraction of sp³-hybridized carbons (Fsp3) is 0.679. The predicted octanol–water partition coefficient (Wildman–Crippen LogP) is 5.52. The summed E-state index contributed by atoms with van der Waals surface area (Å²) in [6.07, 6.45) is 1.79. The Bertz CT molecular complexity index is 847. The number of hydrogen-bond donors (Lipinski definition) is 2. The summed E-state index contributed by atoms with van der Waals surface area (Å²) in [5.74, 6) is -0.721. The van der Waals surface area contributed by atoms with Gasteiger partial charge in [-0.3, -0.25) is 9.59 Å². The van der Waals surface area contributed by atoms with Crippen molar-refractivity contribution in [3.63, 3.8) is 0 Å². The van der Waals surface area contributed by atoms with E-state index in [-0.39, 0.29) is 29.8 Å². The molecular weight excluding hydrogens is 442 g/mol. The van der Waals surface area contributed by atoms with E-state index in [2.05, 4.69) is 17.6 Å². The zero-order valence-corrected chi connectivity index (χ0v) is 23.4. The summed E-state index contributed by atoms with van der Waals surface area (Å²) < 4.78 is 5.43. The van der Waals surface area contributed by atoms with E-state index < -0.39 is 23.8 Å². The average molecular weight is 490 g/mol. The van der Waals surface area contributed by atoms with Crippen LogP contribution in [0.4, 0.5) is 4.79 Å². The SMILES string of the molecule is CCCC(C)NC(=O)C(c1ccccc1C)N(C(=O)C(NC(=O)OC(C)(C)C)C(C)C)C(C)CC. The monoisotopic (exact) mass is 489 g/mol. The van der Waals surface area contributed by atoms with Crippen LogP contribution in [0, 0.1) is 12.8 Å². The third kappa shape index (κ3) is 9.19. The van der Waals surface area contributed by atoms with Gasteiger partial charge in [-0.05, 0) is 71.4 Å². The average Bonchev–Trinajstić information content (AvgIpc) is 2.74. The molecule has 4 unspecified atom stereocenters. The maximum absolute atomic E-state index is 14.1. The summed E-state index contributed by atoms with van der Waals surface area (Å²) in [6, 6.07) is 5.74. The maximum atomic E-state index is 14.1. The van der Waals surface area contributed by atoms with E-state index in [1.54, 1.807) is 25.7 Å². The van der Waals surface area contributed by atoms with Gasteiger partial charge < -0.3 is 20.3 Å². The number of amides is 3. The van der Waals surface area contributed by atoms with E-state index in [0.29, 0.717) is 6.42 Å². The van der Waals surface area contributed by atoms with Gasteiger partial charge in [0, 0.05) is 12.1 Å². The molecule has 7 nitrogen and oxygen atoms in total. The molecule has 0 aromatic heterocycles. The summed E-state index contributed by atoms with van der Waals surface area (Å²) in [6.45, 7) is 19.0. The first-order chi connectivity index (χ1) is 16.2. The molecule has 0 aliphatic rings. The van der Waals surface area contributed by atoms with Crippen LogP contribution < -0.4 is 10.6 Å². The minimum atomic E-state index is -0.841. The van der Waals surface area contributed by atoms with Crippen LogP contribution in [-0.4, -0.2) is 46.5 Å². The molecule has 4 atom stereocenters. The summed E-state index contributed by atoms with van der Waals surface area (Å²) >= 11 is 0. The number of carbonyl (C=O) groups is 3. The second-order valence-electron chi connectivity index (χ2n) is 10.8. The highest BCUT2D eigenvalue weighted by molar-refractivity contribution is 5.92. The molecule has 0 aliphatic carbocycles. The van der Waals surface area contributed by atoms with Crippen molar-refractivity contribution in [1.82, 2.24) is 15.5 Å². The zero-order chi connectivity index (χ0) is 26.9. The minimum Gasteiger partial charge on any atom is -0.444 e. The molecule has 0 saturated carbocycles. The van der Waals surface area contributed by atoms with Crippen molar-refractivity contribution in [1.29, 1.82) is 0 Å². The number of hydrogen-bond acceptors (Lipinski definition) is 4. The minimum absolute atomic E-state index is 0.0197. The number of ether oxygens (including phenoxy) is 1. The third-order valence-electron chi connectivity index (χ3n) is 6.05. The van der Waals surface area contributed by atoms with Gasteiger partial charge in [0.25, 0.3) is 0 Å². The van der Waals surface area contributed by atoms with Crippen molar-refractivity contribution in [3.8, 4) is 0 Å². The molecule has 1 rings (SSSR count). The van der Waals surface area contributed by atoms with Gasteiger partial charge in [0.1, 0.15) is 17.7 Å². The largest absolute Gasteiger partial charge is 0.444 e. The molecule has 198 valence electrons. The Balaban J connectivity index is 3.52. The Morgan fingerprint density at radius 1 is 1.00 bits per heavy atom. The molecule has 0 saturated heterocycles. The van der Waals surface area contributed by atoms with Crippen LogP contribution in [0.25, 0.3) is 0 Å². The van der Waals surface area contributed by atoms with Crippen LogP contribution in [0.2, 0.25) is 0 Å². The Hall–Kier alpha value is -2.57. The molecular formula is C28H47N3O4. The lowest BCUT2D eigenvalue weighted by Gasteiger charge is -2.39. The number of nitrogens with one attached hydrogen (secondary N) is 2. The van der Waals surface area contributed by atoms with Crippen molar-refractivity contribution >= 4 is 17.9 Å². The van der Waals surface area contributed by atoms with E-state index in [4.69, 9.17) is 4.74 Å². The van der Waals surface area contributed by atoms with Gasteiger partial charge in [-0.2, -0.15) is 0 Å². The number of nitrogens with zero attached hydrogens (tertiary/aromatic N) is 1. The smallest absolute Gasteiger partial charge is 0.408 e. The van der Waals surface area contributed by atoms with Crippen LogP contribution in [0.15, 0.2) is 24.3 Å². The van der Waals surface area contributed by atoms with Crippen molar-refractivity contribution in [3.05, 3.63) is 35.4 Å². The van der Waals surface area contributed by atoms with Gasteiger partial charge in [0.05, 0.1) is 0 Å². The summed E-state index contributed by atoms with van der Waals surface area (Å²) in [5, 5.41) is 5.89. The molecule has 0 bridgehead atoms. The van der Waals surface area contributed by atoms with E-state index >= 15 is 0 Å². The Morgan fingerprint density at radius 2 is 1.60 bits per heavy atom. The fourth-order valence-electron chi connectivity index (χ4n) is 4.04. The standard InChI is InChI=1S/C28H47N3O4/c1-11-15-20(6)29-25(32)24(22-17-14-13-16-19(22)5)31(21(7)12-2)26(33)23(18(3)4)30-27(34)35-28(8,9)10/h13-14,16-18,20-21,23-24H,11-12,15H2,1-10H3,(H,29,32)(H,30,34). The van der Waals surface area contributed by atoms with Crippen LogP contribution in [0.1, 0.15) is 98.7 Å². The number of alkyl carbamates (subject to hydrolysis) is 1. The fourth-order valence-corrected chi connectivity index (χ4v) is 4.04. The Kier molecular flexibility index (Phi) is 11.7. The van der Waals surface area contributed by atoms with Gasteiger partial charge in [0.2, 0.25) is 11.8 Å². The number of benzene rings is 1. The summed E-state index contributed by atoms with van der Waals surface area (Å²) in [7, 11) is 0. The predicted molar refractivity (Wildman–Crippen MR) is 141 cm³/mol. The number of aryl methyl sites for hydroxylation is 1. The first-order valence-electron chi connectivity index (χ1n) is 12.9. The second-order valence-corrected chi connectivity index (χ2v) is 10.8. The molecule has 0 spiro atoms. The zero-order valence-electron chi connectivity index (χ0n) is 23.4. The molecule has 7 heteroatoms. The first-order valence-corrected chi connectivity index (χ1v) is 12.9. The summed E-state index contributed by atoms with van der Waals surface area (Å²) in [4.78, 5) is 42.1. The highest BCUT2D eigenvalue weighted by atomic mass is 16.6. The molecule has 3 amide bonds. The van der Waals surface area contributed by atoms with Gasteiger partial charge in [-0.25, -0.2) is 4.79 Å². The van der Waals surface area contributed by atoms with Crippen LogP contribution in [0.5, 0.6) is 0 Å². The maximum Gasteiger partial charge on any atom is 0.408 e. The third-order valence-corrected chi connectivity index (χ3v) is 6.05. The van der Waals surface area contributed by atoms with E-state index in [0.717, 1.165) is 24.0 Å². The quantitative estimate of drug-likeness (QED) is 0.429. The van der Waals surface area contributed by atoms with Crippen molar-refractivity contribution in [2.45, 2.75) is 118 Å². The van der Waals surface area contributed by atoms with E-state index in [9.17, 15) is 14.4 Å². The lowest BCUT2D eigenvalue weighted by molar-refractivity contribution is -0.146. The van der Waals surface area contributed by atoms with Crippen LogP contribution in [0.3, 0.4) is 0 Å². The Morgan fingerprint density at radius 3 is 2.09 bits per heavy atom. The molecule has 0 fully saturated rings. The normalized spacial score (nSPS) is 15.1. The highest BCUT2D eigenvalue weighted by Gasteiger charge is 2.40. The van der Waals surface area contributed by atoms with Gasteiger partial charge in [-0.15, -0.1) is 0 Å². The number of carbonyl (C=O) groups excluding carboxylic acids is 3. The van der Waals surface area contributed by atoms with E-state index in [1.807, 2.05) is 65.8 Å².